The second kappa shape index (κ2) is 57.8. The quantitative estimate of drug-likeness (QED) is 0.0358. The Labute approximate surface area is 462 Å². The fourth-order valence-electron chi connectivity index (χ4n) is 11.3. The van der Waals surface area contributed by atoms with Crippen molar-refractivity contribution >= 4 is 11.9 Å². The smallest absolute Gasteiger partial charge is 0.309 e. The molecular formula is C68H130O6. The van der Waals surface area contributed by atoms with Crippen molar-refractivity contribution in [2.75, 3.05) is 26.4 Å². The van der Waals surface area contributed by atoms with E-state index in [9.17, 15) is 19.8 Å². The molecule has 0 aromatic carbocycles. The van der Waals surface area contributed by atoms with Gasteiger partial charge < -0.3 is 19.7 Å². The Morgan fingerprint density at radius 3 is 0.838 bits per heavy atom. The van der Waals surface area contributed by atoms with Crippen LogP contribution in [0.3, 0.4) is 0 Å². The monoisotopic (exact) mass is 1040 g/mol. The van der Waals surface area contributed by atoms with Crippen LogP contribution in [0.2, 0.25) is 0 Å². The average Bonchev–Trinajstić information content (AvgIpc) is 3.47. The maximum absolute atomic E-state index is 12.6. The number of rotatable bonds is 59. The number of hydrogen-bond acceptors (Lipinski definition) is 6. The molecule has 438 valence electrons. The Morgan fingerprint density at radius 1 is 0.351 bits per heavy atom. The molecular weight excluding hydrogens is 913 g/mol. The van der Waals surface area contributed by atoms with Gasteiger partial charge in [-0.2, -0.15) is 0 Å². The van der Waals surface area contributed by atoms with Gasteiger partial charge in [0.25, 0.3) is 0 Å². The number of carbonyl (C=O) groups excluding carboxylic acids is 2. The highest BCUT2D eigenvalue weighted by Crippen LogP contribution is 2.25. The van der Waals surface area contributed by atoms with Crippen molar-refractivity contribution in [1.82, 2.24) is 0 Å². The molecule has 6 heteroatoms. The van der Waals surface area contributed by atoms with Crippen LogP contribution in [0.5, 0.6) is 0 Å². The molecule has 1 fully saturated rings. The molecule has 1 atom stereocenters. The van der Waals surface area contributed by atoms with Crippen LogP contribution in [0.25, 0.3) is 0 Å². The summed E-state index contributed by atoms with van der Waals surface area (Å²) in [6, 6.07) is 0. The van der Waals surface area contributed by atoms with E-state index < -0.39 is 36.5 Å². The first-order chi connectivity index (χ1) is 36.6. The van der Waals surface area contributed by atoms with Crippen molar-refractivity contribution in [3.63, 3.8) is 0 Å². The number of allylic oxidation sites excluding steroid dienone is 2. The van der Waals surface area contributed by atoms with Gasteiger partial charge in [0.2, 0.25) is 0 Å². The zero-order valence-electron chi connectivity index (χ0n) is 49.9. The fourth-order valence-corrected chi connectivity index (χ4v) is 11.3. The second-order valence-corrected chi connectivity index (χ2v) is 24.2. The van der Waals surface area contributed by atoms with Crippen LogP contribution in [-0.2, 0) is 19.1 Å². The summed E-state index contributed by atoms with van der Waals surface area (Å²) in [5.74, 6) is -1.40. The molecule has 1 rings (SSSR count). The number of unbranched alkanes of at least 4 members (excludes halogenated alkanes) is 53. The number of cyclic esters (lactones) is 2. The lowest BCUT2D eigenvalue weighted by atomic mass is 9.92. The Kier molecular flexibility index (Phi) is 55.1. The number of hydrogen-bond donors (Lipinski definition) is 2. The highest BCUT2D eigenvalue weighted by Gasteiger charge is 2.36. The first-order valence-corrected chi connectivity index (χ1v) is 33.8. The largest absolute Gasteiger partial charge is 0.465 e. The molecule has 2 N–H and O–H groups in total. The van der Waals surface area contributed by atoms with E-state index in [4.69, 9.17) is 9.47 Å². The summed E-state index contributed by atoms with van der Waals surface area (Å²) in [5, 5.41) is 19.2. The molecule has 1 unspecified atom stereocenters. The van der Waals surface area contributed by atoms with E-state index in [0.29, 0.717) is 6.42 Å². The molecule has 0 amide bonds. The van der Waals surface area contributed by atoms with Crippen LogP contribution in [0.4, 0.5) is 0 Å². The van der Waals surface area contributed by atoms with Gasteiger partial charge in [0.1, 0.15) is 13.2 Å². The minimum absolute atomic E-state index is 0.00529. The van der Waals surface area contributed by atoms with Gasteiger partial charge in [0, 0.05) is 0 Å². The third-order valence-corrected chi connectivity index (χ3v) is 16.8. The van der Waals surface area contributed by atoms with Crippen molar-refractivity contribution in [2.24, 2.45) is 11.3 Å². The van der Waals surface area contributed by atoms with Crippen molar-refractivity contribution < 1.29 is 29.3 Å². The van der Waals surface area contributed by atoms with Crippen molar-refractivity contribution in [3.05, 3.63) is 12.2 Å². The number of carbonyl (C=O) groups is 2. The Bertz CT molecular complexity index is 1160. The van der Waals surface area contributed by atoms with E-state index in [2.05, 4.69) is 19.1 Å². The predicted octanol–water partition coefficient (Wildman–Crippen LogP) is 21.5. The van der Waals surface area contributed by atoms with Gasteiger partial charge in [-0.1, -0.05) is 353 Å². The van der Waals surface area contributed by atoms with Crippen molar-refractivity contribution in [2.45, 2.75) is 373 Å². The molecule has 1 aliphatic rings. The summed E-state index contributed by atoms with van der Waals surface area (Å²) in [5.41, 5.74) is -1.12. The minimum atomic E-state index is -1.12. The molecule has 0 aromatic heterocycles. The lowest BCUT2D eigenvalue weighted by Crippen LogP contribution is -2.40. The van der Waals surface area contributed by atoms with Crippen LogP contribution in [0, 0.1) is 11.3 Å². The van der Waals surface area contributed by atoms with Gasteiger partial charge in [-0.25, -0.2) is 0 Å². The highest BCUT2D eigenvalue weighted by atomic mass is 16.6. The van der Waals surface area contributed by atoms with Gasteiger partial charge >= 0.3 is 11.9 Å². The van der Waals surface area contributed by atoms with Gasteiger partial charge in [-0.05, 0) is 25.7 Å². The van der Waals surface area contributed by atoms with E-state index in [-0.39, 0.29) is 19.6 Å². The standard InChI is InChI=1S/C68H130O6/c1-2-3-4-5-6-7-8-9-10-11-12-13-14-15-16-17-18-19-20-21-22-23-24-25-26-27-28-29-30-31-32-33-34-35-36-37-38-39-40-41-42-43-44-45-46-47-48-49-50-51-52-53-54-55-56-57-58-59-65-60-66(71)73-63-68(61-69,62-70)64-74-67(65)72/h4-5,65,69-70H,2-3,6-64H2,1H3/b5-4+. The number of aliphatic hydroxyl groups is 2. The molecule has 0 radical (unpaired) electrons. The Hall–Kier alpha value is -1.40. The van der Waals surface area contributed by atoms with Gasteiger partial charge in [-0.15, -0.1) is 0 Å². The van der Waals surface area contributed by atoms with E-state index in [1.807, 2.05) is 0 Å². The van der Waals surface area contributed by atoms with Gasteiger partial charge in [0.15, 0.2) is 0 Å². The molecule has 74 heavy (non-hydrogen) atoms. The number of esters is 2. The molecule has 1 heterocycles. The molecule has 0 bridgehead atoms. The van der Waals surface area contributed by atoms with Crippen molar-refractivity contribution in [3.8, 4) is 0 Å². The molecule has 1 aliphatic heterocycles. The Morgan fingerprint density at radius 2 is 0.581 bits per heavy atom. The zero-order valence-corrected chi connectivity index (χ0v) is 49.9. The lowest BCUT2D eigenvalue weighted by Gasteiger charge is -2.27. The van der Waals surface area contributed by atoms with Gasteiger partial charge in [0.05, 0.1) is 31.0 Å². The van der Waals surface area contributed by atoms with Crippen molar-refractivity contribution in [1.29, 1.82) is 0 Å². The highest BCUT2D eigenvalue weighted by molar-refractivity contribution is 5.80. The molecule has 0 aliphatic carbocycles. The molecule has 0 saturated carbocycles. The summed E-state index contributed by atoms with van der Waals surface area (Å²) in [7, 11) is 0. The van der Waals surface area contributed by atoms with Crippen LogP contribution < -0.4 is 0 Å². The SMILES string of the molecule is CCC/C=C/CCCCCCCCCCCCCCCCCCCCCCCCCCCCCCCCCCCCCCCCCCCCCCCCCCCCCCC1CC(=O)OCC(CO)(CO)COC1=O. The predicted molar refractivity (Wildman–Crippen MR) is 320 cm³/mol. The molecule has 1 saturated heterocycles. The molecule has 6 nitrogen and oxygen atoms in total. The number of aliphatic hydroxyl groups excluding tert-OH is 2. The van der Waals surface area contributed by atoms with E-state index in [0.717, 1.165) is 19.3 Å². The fraction of sp³-hybridized carbons (Fsp3) is 0.941. The normalized spacial score (nSPS) is 15.1. The first-order valence-electron chi connectivity index (χ1n) is 33.8. The zero-order chi connectivity index (χ0) is 53.2. The molecule has 0 spiro atoms. The van der Waals surface area contributed by atoms with Crippen LogP contribution >= 0.6 is 0 Å². The summed E-state index contributed by atoms with van der Waals surface area (Å²) < 4.78 is 10.6. The van der Waals surface area contributed by atoms with Gasteiger partial charge in [-0.3, -0.25) is 9.59 Å². The molecule has 0 aromatic rings. The first kappa shape index (κ1) is 70.6. The third-order valence-electron chi connectivity index (χ3n) is 16.8. The van der Waals surface area contributed by atoms with Crippen LogP contribution in [0.1, 0.15) is 373 Å². The lowest BCUT2D eigenvalue weighted by molar-refractivity contribution is -0.155. The topological polar surface area (TPSA) is 93.1 Å². The summed E-state index contributed by atoms with van der Waals surface area (Å²) >= 11 is 0. The maximum atomic E-state index is 12.6. The summed E-state index contributed by atoms with van der Waals surface area (Å²) in [4.78, 5) is 24.8. The van der Waals surface area contributed by atoms with E-state index in [1.165, 1.54) is 334 Å². The van der Waals surface area contributed by atoms with Crippen LogP contribution in [0.15, 0.2) is 12.2 Å². The van der Waals surface area contributed by atoms with E-state index in [1.54, 1.807) is 0 Å². The summed E-state index contributed by atoms with van der Waals surface area (Å²) in [6.45, 7) is 1.16. The van der Waals surface area contributed by atoms with Crippen LogP contribution in [-0.4, -0.2) is 48.6 Å². The van der Waals surface area contributed by atoms with E-state index >= 15 is 0 Å². The maximum Gasteiger partial charge on any atom is 0.309 e. The Balaban J connectivity index is 1.66. The summed E-state index contributed by atoms with van der Waals surface area (Å²) in [6.07, 6.45) is 83.2. The second-order valence-electron chi connectivity index (χ2n) is 24.2. The number of ether oxygens (including phenoxy) is 2. The average molecular weight is 1040 g/mol. The minimum Gasteiger partial charge on any atom is -0.465 e. The third kappa shape index (κ3) is 48.9.